The van der Waals surface area contributed by atoms with Gasteiger partial charge in [-0.3, -0.25) is 5.10 Å². The fourth-order valence-corrected chi connectivity index (χ4v) is 2.63. The summed E-state index contributed by atoms with van der Waals surface area (Å²) in [5.41, 5.74) is 9.14. The molecule has 0 amide bonds. The van der Waals surface area contributed by atoms with E-state index in [4.69, 9.17) is 17.3 Å². The van der Waals surface area contributed by atoms with Crippen molar-refractivity contribution in [1.82, 2.24) is 10.2 Å². The molecule has 0 aliphatic heterocycles. The molecule has 1 heterocycles. The topological polar surface area (TPSA) is 54.7 Å². The molecule has 0 radical (unpaired) electrons. The summed E-state index contributed by atoms with van der Waals surface area (Å²) in [6, 6.07) is 12.1. The van der Waals surface area contributed by atoms with Crippen LogP contribution in [0.25, 0.3) is 22.4 Å². The summed E-state index contributed by atoms with van der Waals surface area (Å²) in [4.78, 5) is 0. The van der Waals surface area contributed by atoms with Crippen LogP contribution < -0.4 is 5.73 Å². The molecule has 1 aromatic heterocycles. The van der Waals surface area contributed by atoms with Crippen LogP contribution in [0.15, 0.2) is 46.9 Å². The lowest BCUT2D eigenvalue weighted by Gasteiger charge is -2.06. The van der Waals surface area contributed by atoms with E-state index in [-0.39, 0.29) is 5.82 Å². The Labute approximate surface area is 134 Å². The Hall–Kier alpha value is -1.85. The van der Waals surface area contributed by atoms with Crippen molar-refractivity contribution in [2.75, 3.05) is 5.73 Å². The average molecular weight is 367 g/mol. The summed E-state index contributed by atoms with van der Waals surface area (Å²) in [5.74, 6) is 0.0621. The smallest absolute Gasteiger partial charge is 0.153 e. The molecule has 0 aliphatic carbocycles. The molecule has 0 spiro atoms. The molecule has 0 atom stereocenters. The van der Waals surface area contributed by atoms with Crippen molar-refractivity contribution < 1.29 is 4.39 Å². The number of aromatic nitrogens is 2. The molecule has 3 rings (SSSR count). The van der Waals surface area contributed by atoms with E-state index >= 15 is 0 Å². The van der Waals surface area contributed by atoms with Crippen LogP contribution in [0.5, 0.6) is 0 Å². The van der Waals surface area contributed by atoms with Crippen molar-refractivity contribution in [2.45, 2.75) is 0 Å². The molecule has 21 heavy (non-hydrogen) atoms. The van der Waals surface area contributed by atoms with Crippen molar-refractivity contribution in [2.24, 2.45) is 0 Å². The highest BCUT2D eigenvalue weighted by atomic mass is 79.9. The standard InChI is InChI=1S/C15H10BrClFN3/c16-11-7-9(3-6-12(11)18)14-13(15(19)21-20-14)8-1-4-10(17)5-2-8/h1-7H,(H3,19,20,21). The maximum atomic E-state index is 13.4. The Kier molecular flexibility index (Phi) is 3.69. The number of H-pyrrole nitrogens is 1. The highest BCUT2D eigenvalue weighted by Gasteiger charge is 2.15. The zero-order valence-corrected chi connectivity index (χ0v) is 13.0. The van der Waals surface area contributed by atoms with E-state index in [1.807, 2.05) is 12.1 Å². The van der Waals surface area contributed by atoms with Gasteiger partial charge in [-0.1, -0.05) is 23.7 Å². The minimum atomic E-state index is -0.320. The molecule has 3 nitrogen and oxygen atoms in total. The second-order valence-electron chi connectivity index (χ2n) is 4.49. The Balaban J connectivity index is 2.16. The molecule has 2 aromatic carbocycles. The third-order valence-electron chi connectivity index (χ3n) is 3.14. The molecule has 0 unspecified atom stereocenters. The number of hydrogen-bond acceptors (Lipinski definition) is 2. The first-order valence-electron chi connectivity index (χ1n) is 6.11. The van der Waals surface area contributed by atoms with Crippen LogP contribution in [-0.2, 0) is 0 Å². The molecule has 0 saturated heterocycles. The van der Waals surface area contributed by atoms with E-state index in [1.165, 1.54) is 6.07 Å². The molecule has 6 heteroatoms. The van der Waals surface area contributed by atoms with E-state index in [0.717, 1.165) is 22.4 Å². The summed E-state index contributed by atoms with van der Waals surface area (Å²) in [5, 5.41) is 7.60. The highest BCUT2D eigenvalue weighted by Crippen LogP contribution is 2.36. The van der Waals surface area contributed by atoms with Crippen LogP contribution in [0.1, 0.15) is 0 Å². The largest absolute Gasteiger partial charge is 0.382 e. The number of nitrogens with two attached hydrogens (primary N) is 1. The second kappa shape index (κ2) is 5.50. The number of rotatable bonds is 2. The summed E-state index contributed by atoms with van der Waals surface area (Å²) in [6.45, 7) is 0. The van der Waals surface area contributed by atoms with Gasteiger partial charge in [0.05, 0.1) is 15.7 Å². The van der Waals surface area contributed by atoms with Crippen molar-refractivity contribution in [1.29, 1.82) is 0 Å². The monoisotopic (exact) mass is 365 g/mol. The van der Waals surface area contributed by atoms with Gasteiger partial charge in [-0.2, -0.15) is 5.10 Å². The first-order chi connectivity index (χ1) is 10.1. The predicted octanol–water partition coefficient (Wildman–Crippen LogP) is 4.88. The zero-order chi connectivity index (χ0) is 15.0. The van der Waals surface area contributed by atoms with Gasteiger partial charge >= 0.3 is 0 Å². The minimum Gasteiger partial charge on any atom is -0.382 e. The van der Waals surface area contributed by atoms with Gasteiger partial charge < -0.3 is 5.73 Å². The van der Waals surface area contributed by atoms with Crippen LogP contribution in [-0.4, -0.2) is 10.2 Å². The summed E-state index contributed by atoms with van der Waals surface area (Å²) >= 11 is 9.09. The van der Waals surface area contributed by atoms with Crippen molar-refractivity contribution in [3.63, 3.8) is 0 Å². The van der Waals surface area contributed by atoms with Gasteiger partial charge in [0, 0.05) is 10.6 Å². The molecule has 0 saturated carbocycles. The number of nitrogens with zero attached hydrogens (tertiary/aromatic N) is 1. The number of hydrogen-bond donors (Lipinski definition) is 2. The normalized spacial score (nSPS) is 10.8. The van der Waals surface area contributed by atoms with Gasteiger partial charge in [-0.25, -0.2) is 4.39 Å². The van der Waals surface area contributed by atoms with E-state index in [0.29, 0.717) is 15.3 Å². The first-order valence-corrected chi connectivity index (χ1v) is 7.28. The number of nitrogens with one attached hydrogen (secondary N) is 1. The number of anilines is 1. The zero-order valence-electron chi connectivity index (χ0n) is 10.7. The van der Waals surface area contributed by atoms with Gasteiger partial charge in [-0.15, -0.1) is 0 Å². The summed E-state index contributed by atoms with van der Waals surface area (Å²) in [7, 11) is 0. The van der Waals surface area contributed by atoms with Gasteiger partial charge in [-0.05, 0) is 51.8 Å². The molecular weight excluding hydrogens is 357 g/mol. The van der Waals surface area contributed by atoms with Crippen LogP contribution in [0.3, 0.4) is 0 Å². The highest BCUT2D eigenvalue weighted by molar-refractivity contribution is 9.10. The van der Waals surface area contributed by atoms with Crippen LogP contribution in [0, 0.1) is 5.82 Å². The van der Waals surface area contributed by atoms with Crippen LogP contribution >= 0.6 is 27.5 Å². The molecule has 106 valence electrons. The van der Waals surface area contributed by atoms with E-state index < -0.39 is 0 Å². The number of nitrogen functional groups attached to an aromatic ring is 1. The molecular formula is C15H10BrClFN3. The van der Waals surface area contributed by atoms with Gasteiger partial charge in [0.2, 0.25) is 0 Å². The number of aromatic amines is 1. The summed E-state index contributed by atoms with van der Waals surface area (Å²) < 4.78 is 13.8. The fraction of sp³-hybridized carbons (Fsp3) is 0. The molecule has 3 aromatic rings. The van der Waals surface area contributed by atoms with Crippen molar-refractivity contribution in [3.8, 4) is 22.4 Å². The third-order valence-corrected chi connectivity index (χ3v) is 4.00. The quantitative estimate of drug-likeness (QED) is 0.679. The van der Waals surface area contributed by atoms with Crippen molar-refractivity contribution in [3.05, 3.63) is 57.8 Å². The predicted molar refractivity (Wildman–Crippen MR) is 86.5 cm³/mol. The lowest BCUT2D eigenvalue weighted by atomic mass is 10.0. The van der Waals surface area contributed by atoms with E-state index in [2.05, 4.69) is 26.1 Å². The van der Waals surface area contributed by atoms with Gasteiger partial charge in [0.25, 0.3) is 0 Å². The van der Waals surface area contributed by atoms with Gasteiger partial charge in [0.15, 0.2) is 5.82 Å². The first kappa shape index (κ1) is 14.1. The Morgan fingerprint density at radius 1 is 1.10 bits per heavy atom. The fourth-order valence-electron chi connectivity index (χ4n) is 2.13. The maximum absolute atomic E-state index is 13.4. The molecule has 0 fully saturated rings. The lowest BCUT2D eigenvalue weighted by Crippen LogP contribution is -1.89. The average Bonchev–Trinajstić information content (AvgIpc) is 2.85. The molecule has 0 aliphatic rings. The third kappa shape index (κ3) is 2.66. The van der Waals surface area contributed by atoms with Crippen LogP contribution in [0.4, 0.5) is 10.2 Å². The van der Waals surface area contributed by atoms with Crippen molar-refractivity contribution >= 4 is 33.3 Å². The van der Waals surface area contributed by atoms with E-state index in [1.54, 1.807) is 24.3 Å². The molecule has 3 N–H and O–H groups in total. The van der Waals surface area contributed by atoms with E-state index in [9.17, 15) is 4.39 Å². The number of halogens is 3. The maximum Gasteiger partial charge on any atom is 0.153 e. The Bertz CT molecular complexity index is 799. The second-order valence-corrected chi connectivity index (χ2v) is 5.79. The van der Waals surface area contributed by atoms with Crippen LogP contribution in [0.2, 0.25) is 5.02 Å². The Morgan fingerprint density at radius 3 is 2.43 bits per heavy atom. The lowest BCUT2D eigenvalue weighted by molar-refractivity contribution is 0.621. The summed E-state index contributed by atoms with van der Waals surface area (Å²) in [6.07, 6.45) is 0. The van der Waals surface area contributed by atoms with Gasteiger partial charge in [0.1, 0.15) is 5.82 Å². The SMILES string of the molecule is Nc1n[nH]c(-c2ccc(F)c(Br)c2)c1-c1ccc(Cl)cc1. The molecule has 0 bridgehead atoms. The number of benzene rings is 2. The minimum absolute atomic E-state index is 0.320. The Morgan fingerprint density at radius 2 is 1.76 bits per heavy atom.